The van der Waals surface area contributed by atoms with Crippen molar-refractivity contribution in [3.05, 3.63) is 23.8 Å². The van der Waals surface area contributed by atoms with Gasteiger partial charge in [0.15, 0.2) is 11.5 Å². The van der Waals surface area contributed by atoms with Crippen molar-refractivity contribution in [1.82, 2.24) is 10.6 Å². The van der Waals surface area contributed by atoms with Gasteiger partial charge in [0, 0.05) is 6.54 Å². The fourth-order valence-electron chi connectivity index (χ4n) is 1.95. The molecule has 0 radical (unpaired) electrons. The van der Waals surface area contributed by atoms with Crippen molar-refractivity contribution in [2.24, 2.45) is 11.7 Å². The molecule has 1 rings (SSSR count). The molecule has 0 aliphatic heterocycles. The van der Waals surface area contributed by atoms with E-state index < -0.39 is 6.04 Å². The Bertz CT molecular complexity index is 567. The van der Waals surface area contributed by atoms with E-state index in [4.69, 9.17) is 15.2 Å². The minimum absolute atomic E-state index is 0. The molecule has 0 fully saturated rings. The number of amides is 2. The summed E-state index contributed by atoms with van der Waals surface area (Å²) in [6.07, 6.45) is 0. The molecule has 2 amide bonds. The highest BCUT2D eigenvalue weighted by Gasteiger charge is 2.17. The van der Waals surface area contributed by atoms with Gasteiger partial charge in [0.25, 0.3) is 0 Å². The fraction of sp³-hybridized carbons (Fsp3) is 0.529. The molecular formula is C17H28ClN3O4. The minimum Gasteiger partial charge on any atom is -0.493 e. The van der Waals surface area contributed by atoms with Crippen LogP contribution in [0, 0.1) is 5.92 Å². The largest absolute Gasteiger partial charge is 0.493 e. The zero-order chi connectivity index (χ0) is 18.1. The summed E-state index contributed by atoms with van der Waals surface area (Å²) in [6.45, 7) is 6.37. The molecule has 0 spiro atoms. The van der Waals surface area contributed by atoms with E-state index in [1.165, 1.54) is 0 Å². The number of rotatable bonds is 9. The summed E-state index contributed by atoms with van der Waals surface area (Å²) < 4.78 is 10.7. The molecule has 8 heteroatoms. The summed E-state index contributed by atoms with van der Waals surface area (Å²) in [6, 6.07) is 4.83. The van der Waals surface area contributed by atoms with Crippen LogP contribution in [0.15, 0.2) is 18.2 Å². The first-order valence-electron chi connectivity index (χ1n) is 7.98. The quantitative estimate of drug-likeness (QED) is 0.604. The smallest absolute Gasteiger partial charge is 0.239 e. The average Bonchev–Trinajstić information content (AvgIpc) is 2.57. The number of carbonyl (C=O) groups is 2. The van der Waals surface area contributed by atoms with Crippen LogP contribution in [0.3, 0.4) is 0 Å². The maximum absolute atomic E-state index is 11.8. The Kier molecular flexibility index (Phi) is 10.6. The predicted molar refractivity (Wildman–Crippen MR) is 99.1 cm³/mol. The molecule has 25 heavy (non-hydrogen) atoms. The van der Waals surface area contributed by atoms with Crippen LogP contribution in [0.2, 0.25) is 0 Å². The molecule has 0 saturated heterocycles. The minimum atomic E-state index is -0.617. The Balaban J connectivity index is 0.00000576. The van der Waals surface area contributed by atoms with Gasteiger partial charge in [-0.1, -0.05) is 19.9 Å². The number of halogens is 1. The lowest BCUT2D eigenvalue weighted by molar-refractivity contribution is -0.127. The van der Waals surface area contributed by atoms with Crippen molar-refractivity contribution in [2.45, 2.75) is 33.4 Å². The van der Waals surface area contributed by atoms with E-state index in [1.54, 1.807) is 19.2 Å². The van der Waals surface area contributed by atoms with Crippen LogP contribution in [-0.2, 0) is 16.1 Å². The average molecular weight is 374 g/mol. The van der Waals surface area contributed by atoms with Gasteiger partial charge in [0.05, 0.1) is 26.3 Å². The van der Waals surface area contributed by atoms with Crippen LogP contribution in [0.5, 0.6) is 11.5 Å². The van der Waals surface area contributed by atoms with Crippen LogP contribution in [0.1, 0.15) is 26.3 Å². The molecular weight excluding hydrogens is 346 g/mol. The Hall–Kier alpha value is -1.99. The second-order valence-electron chi connectivity index (χ2n) is 5.68. The summed E-state index contributed by atoms with van der Waals surface area (Å²) in [5, 5.41) is 5.26. The van der Waals surface area contributed by atoms with E-state index in [-0.39, 0.29) is 36.7 Å². The molecule has 0 bridgehead atoms. The Morgan fingerprint density at radius 2 is 1.88 bits per heavy atom. The summed E-state index contributed by atoms with van der Waals surface area (Å²) in [7, 11) is 1.56. The second-order valence-corrected chi connectivity index (χ2v) is 5.68. The van der Waals surface area contributed by atoms with Crippen molar-refractivity contribution < 1.29 is 19.1 Å². The van der Waals surface area contributed by atoms with Gasteiger partial charge < -0.3 is 25.8 Å². The highest BCUT2D eigenvalue weighted by Crippen LogP contribution is 2.27. The molecule has 0 aliphatic carbocycles. The van der Waals surface area contributed by atoms with Crippen LogP contribution in [0.4, 0.5) is 0 Å². The third kappa shape index (κ3) is 7.62. The van der Waals surface area contributed by atoms with Crippen molar-refractivity contribution in [2.75, 3.05) is 20.3 Å². The number of hydrogen-bond donors (Lipinski definition) is 3. The van der Waals surface area contributed by atoms with Gasteiger partial charge in [-0.2, -0.15) is 0 Å². The molecule has 1 atom stereocenters. The number of ether oxygens (including phenoxy) is 2. The summed E-state index contributed by atoms with van der Waals surface area (Å²) in [4.78, 5) is 23.5. The topological polar surface area (TPSA) is 103 Å². The molecule has 0 saturated carbocycles. The first-order chi connectivity index (χ1) is 11.4. The van der Waals surface area contributed by atoms with Gasteiger partial charge in [-0.3, -0.25) is 9.59 Å². The van der Waals surface area contributed by atoms with Crippen LogP contribution in [-0.4, -0.2) is 38.1 Å². The summed E-state index contributed by atoms with van der Waals surface area (Å²) >= 11 is 0. The monoisotopic (exact) mass is 373 g/mol. The Labute approximate surface area is 155 Å². The molecule has 4 N–H and O–H groups in total. The molecule has 0 aliphatic rings. The summed E-state index contributed by atoms with van der Waals surface area (Å²) in [5.74, 6) is 0.671. The summed E-state index contributed by atoms with van der Waals surface area (Å²) in [5.41, 5.74) is 6.58. The van der Waals surface area contributed by atoms with Gasteiger partial charge in [0.2, 0.25) is 11.8 Å². The third-order valence-electron chi connectivity index (χ3n) is 3.46. The second kappa shape index (κ2) is 11.5. The zero-order valence-corrected chi connectivity index (χ0v) is 15.9. The number of nitrogens with one attached hydrogen (secondary N) is 2. The van der Waals surface area contributed by atoms with Gasteiger partial charge in [-0.15, -0.1) is 12.4 Å². The molecule has 1 aromatic carbocycles. The highest BCUT2D eigenvalue weighted by molar-refractivity contribution is 5.87. The molecule has 0 unspecified atom stereocenters. The van der Waals surface area contributed by atoms with Gasteiger partial charge in [-0.05, 0) is 30.5 Å². The number of carbonyl (C=O) groups excluding carboxylic acids is 2. The molecule has 0 heterocycles. The van der Waals surface area contributed by atoms with E-state index in [2.05, 4.69) is 10.6 Å². The zero-order valence-electron chi connectivity index (χ0n) is 15.1. The van der Waals surface area contributed by atoms with Crippen LogP contribution < -0.4 is 25.8 Å². The third-order valence-corrected chi connectivity index (χ3v) is 3.46. The molecule has 0 aromatic heterocycles. The van der Waals surface area contributed by atoms with Gasteiger partial charge in [0.1, 0.15) is 0 Å². The van der Waals surface area contributed by atoms with Crippen LogP contribution >= 0.6 is 12.4 Å². The number of nitrogens with two attached hydrogens (primary N) is 1. The number of benzene rings is 1. The van der Waals surface area contributed by atoms with Crippen molar-refractivity contribution in [1.29, 1.82) is 0 Å². The van der Waals surface area contributed by atoms with Gasteiger partial charge in [-0.25, -0.2) is 0 Å². The standard InChI is InChI=1S/C17H27N3O4.ClH/c1-5-24-13-7-6-12(8-14(13)23-4)9-19-15(21)10-20-17(22)16(18)11(2)3;/h6-8,11,16H,5,9-10,18H2,1-4H3,(H,19,21)(H,20,22);1H/t16-;/m0./s1. The predicted octanol–water partition coefficient (Wildman–Crippen LogP) is 1.23. The normalized spacial score (nSPS) is 11.3. The van der Waals surface area contributed by atoms with Gasteiger partial charge >= 0.3 is 0 Å². The first-order valence-corrected chi connectivity index (χ1v) is 7.98. The molecule has 142 valence electrons. The van der Waals surface area contributed by atoms with Crippen molar-refractivity contribution in [3.8, 4) is 11.5 Å². The lowest BCUT2D eigenvalue weighted by atomic mass is 10.1. The van der Waals surface area contributed by atoms with E-state index >= 15 is 0 Å². The number of methoxy groups -OCH3 is 1. The lowest BCUT2D eigenvalue weighted by Crippen LogP contribution is -2.47. The lowest BCUT2D eigenvalue weighted by Gasteiger charge is -2.15. The first kappa shape index (κ1) is 23.0. The van der Waals surface area contributed by atoms with E-state index in [0.717, 1.165) is 5.56 Å². The molecule has 1 aromatic rings. The van der Waals surface area contributed by atoms with Crippen molar-refractivity contribution >= 4 is 24.2 Å². The fourth-order valence-corrected chi connectivity index (χ4v) is 1.95. The van der Waals surface area contributed by atoms with E-state index in [1.807, 2.05) is 26.8 Å². The number of hydrogen-bond acceptors (Lipinski definition) is 5. The van der Waals surface area contributed by atoms with Crippen molar-refractivity contribution in [3.63, 3.8) is 0 Å². The Morgan fingerprint density at radius 3 is 2.44 bits per heavy atom. The van der Waals surface area contributed by atoms with E-state index in [0.29, 0.717) is 24.7 Å². The highest BCUT2D eigenvalue weighted by atomic mass is 35.5. The maximum Gasteiger partial charge on any atom is 0.239 e. The Morgan fingerprint density at radius 1 is 1.20 bits per heavy atom. The maximum atomic E-state index is 11.8. The SMILES string of the molecule is CCOc1ccc(CNC(=O)CNC(=O)[C@@H](N)C(C)C)cc1OC.Cl. The van der Waals surface area contributed by atoms with Crippen LogP contribution in [0.25, 0.3) is 0 Å². The molecule has 7 nitrogen and oxygen atoms in total. The van der Waals surface area contributed by atoms with E-state index in [9.17, 15) is 9.59 Å².